The molecule has 0 spiro atoms. The van der Waals surface area contributed by atoms with E-state index in [4.69, 9.17) is 5.73 Å². The first-order valence-electron chi connectivity index (χ1n) is 6.95. The summed E-state index contributed by atoms with van der Waals surface area (Å²) in [6, 6.07) is 0.106. The summed E-state index contributed by atoms with van der Waals surface area (Å²) < 4.78 is 0. The Kier molecular flexibility index (Phi) is 5.44. The highest BCUT2D eigenvalue weighted by atomic mass is 16.2. The number of carbonyl (C=O) groups excluding carboxylic acids is 1. The summed E-state index contributed by atoms with van der Waals surface area (Å²) in [5, 5.41) is 0. The number of likely N-dealkylation sites (tertiary alicyclic amines) is 1. The van der Waals surface area contributed by atoms with Gasteiger partial charge in [-0.1, -0.05) is 27.7 Å². The van der Waals surface area contributed by atoms with Crippen LogP contribution in [0.2, 0.25) is 0 Å². The van der Waals surface area contributed by atoms with Gasteiger partial charge in [0.05, 0.1) is 0 Å². The van der Waals surface area contributed by atoms with Gasteiger partial charge in [0.25, 0.3) is 0 Å². The van der Waals surface area contributed by atoms with Gasteiger partial charge in [0.2, 0.25) is 5.91 Å². The largest absolute Gasteiger partial charge is 0.341 e. The molecule has 0 radical (unpaired) electrons. The SMILES string of the molecule is CC(C)C(N)CN1CCC(C(C)C)CCC1=O. The number of nitrogens with zero attached hydrogens (tertiary/aromatic N) is 1. The molecule has 0 bridgehead atoms. The number of carbonyl (C=O) groups is 1. The van der Waals surface area contributed by atoms with Gasteiger partial charge < -0.3 is 10.6 Å². The van der Waals surface area contributed by atoms with Gasteiger partial charge in [-0.2, -0.15) is 0 Å². The third-order valence-corrected chi connectivity index (χ3v) is 4.08. The Labute approximate surface area is 106 Å². The molecule has 3 heteroatoms. The van der Waals surface area contributed by atoms with Crippen LogP contribution >= 0.6 is 0 Å². The molecule has 0 aromatic carbocycles. The molecule has 1 saturated heterocycles. The molecule has 17 heavy (non-hydrogen) atoms. The molecule has 0 aliphatic carbocycles. The fourth-order valence-electron chi connectivity index (χ4n) is 2.38. The number of amides is 1. The third kappa shape index (κ3) is 4.30. The first kappa shape index (κ1) is 14.5. The van der Waals surface area contributed by atoms with Crippen molar-refractivity contribution in [2.75, 3.05) is 13.1 Å². The second-order valence-electron chi connectivity index (χ2n) is 6.08. The lowest BCUT2D eigenvalue weighted by atomic mass is 9.89. The molecule has 1 rings (SSSR count). The van der Waals surface area contributed by atoms with Crippen LogP contribution in [0.15, 0.2) is 0 Å². The Morgan fingerprint density at radius 3 is 2.47 bits per heavy atom. The van der Waals surface area contributed by atoms with Crippen molar-refractivity contribution in [2.24, 2.45) is 23.5 Å². The van der Waals surface area contributed by atoms with E-state index < -0.39 is 0 Å². The Balaban J connectivity index is 2.53. The number of hydrogen-bond acceptors (Lipinski definition) is 2. The van der Waals surface area contributed by atoms with Crippen molar-refractivity contribution in [1.82, 2.24) is 4.90 Å². The van der Waals surface area contributed by atoms with E-state index in [-0.39, 0.29) is 6.04 Å². The quantitative estimate of drug-likeness (QED) is 0.819. The lowest BCUT2D eigenvalue weighted by molar-refractivity contribution is -0.131. The minimum atomic E-state index is 0.106. The van der Waals surface area contributed by atoms with Crippen molar-refractivity contribution < 1.29 is 4.79 Å². The van der Waals surface area contributed by atoms with Gasteiger partial charge >= 0.3 is 0 Å². The summed E-state index contributed by atoms with van der Waals surface area (Å²) >= 11 is 0. The van der Waals surface area contributed by atoms with E-state index in [0.717, 1.165) is 25.9 Å². The molecule has 2 N–H and O–H groups in total. The van der Waals surface area contributed by atoms with E-state index in [0.29, 0.717) is 30.1 Å². The minimum absolute atomic E-state index is 0.106. The predicted molar refractivity (Wildman–Crippen MR) is 71.6 cm³/mol. The fourth-order valence-corrected chi connectivity index (χ4v) is 2.38. The maximum atomic E-state index is 12.0. The predicted octanol–water partition coefficient (Wildman–Crippen LogP) is 2.25. The van der Waals surface area contributed by atoms with Crippen LogP contribution in [-0.2, 0) is 4.79 Å². The van der Waals surface area contributed by atoms with Crippen LogP contribution in [-0.4, -0.2) is 29.9 Å². The Hall–Kier alpha value is -0.570. The molecule has 2 unspecified atom stereocenters. The van der Waals surface area contributed by atoms with Crippen LogP contribution in [0.4, 0.5) is 0 Å². The molecule has 1 fully saturated rings. The normalized spacial score (nSPS) is 24.3. The smallest absolute Gasteiger partial charge is 0.222 e. The van der Waals surface area contributed by atoms with Crippen LogP contribution in [0.3, 0.4) is 0 Å². The van der Waals surface area contributed by atoms with Gasteiger partial charge in [-0.05, 0) is 30.6 Å². The molecule has 1 aliphatic rings. The summed E-state index contributed by atoms with van der Waals surface area (Å²) in [6.45, 7) is 10.4. The number of rotatable bonds is 4. The van der Waals surface area contributed by atoms with E-state index in [2.05, 4.69) is 27.7 Å². The van der Waals surface area contributed by atoms with E-state index >= 15 is 0 Å². The van der Waals surface area contributed by atoms with Crippen LogP contribution in [0.1, 0.15) is 47.0 Å². The summed E-state index contributed by atoms with van der Waals surface area (Å²) in [6.07, 6.45) is 2.88. The number of nitrogens with two attached hydrogens (primary N) is 1. The standard InChI is InChI=1S/C14H28N2O/c1-10(2)12-5-6-14(17)16(8-7-12)9-13(15)11(3)4/h10-13H,5-9,15H2,1-4H3. The van der Waals surface area contributed by atoms with Crippen LogP contribution in [0.5, 0.6) is 0 Å². The molecule has 3 nitrogen and oxygen atoms in total. The Bertz CT molecular complexity index is 251. The molecule has 2 atom stereocenters. The van der Waals surface area contributed by atoms with Gasteiger partial charge in [0.15, 0.2) is 0 Å². The van der Waals surface area contributed by atoms with E-state index in [1.165, 1.54) is 0 Å². The Morgan fingerprint density at radius 2 is 1.94 bits per heavy atom. The maximum Gasteiger partial charge on any atom is 0.222 e. The molecule has 0 aromatic rings. The Morgan fingerprint density at radius 1 is 1.29 bits per heavy atom. The second-order valence-corrected chi connectivity index (χ2v) is 6.08. The van der Waals surface area contributed by atoms with Crippen molar-refractivity contribution in [2.45, 2.75) is 53.0 Å². The maximum absolute atomic E-state index is 12.0. The summed E-state index contributed by atoms with van der Waals surface area (Å²) in [5.74, 6) is 2.11. The summed E-state index contributed by atoms with van der Waals surface area (Å²) in [7, 11) is 0. The van der Waals surface area contributed by atoms with Crippen molar-refractivity contribution >= 4 is 5.91 Å². The molecule has 1 aliphatic heterocycles. The van der Waals surface area contributed by atoms with Crippen LogP contribution in [0.25, 0.3) is 0 Å². The molecular weight excluding hydrogens is 212 g/mol. The highest BCUT2D eigenvalue weighted by Gasteiger charge is 2.25. The van der Waals surface area contributed by atoms with E-state index in [1.54, 1.807) is 0 Å². The molecule has 1 amide bonds. The topological polar surface area (TPSA) is 46.3 Å². The highest BCUT2D eigenvalue weighted by Crippen LogP contribution is 2.25. The molecule has 0 saturated carbocycles. The average Bonchev–Trinajstić information content (AvgIpc) is 2.42. The lowest BCUT2D eigenvalue weighted by Crippen LogP contribution is -2.43. The van der Waals surface area contributed by atoms with Gasteiger partial charge in [-0.25, -0.2) is 0 Å². The van der Waals surface area contributed by atoms with E-state index in [9.17, 15) is 4.79 Å². The number of hydrogen-bond donors (Lipinski definition) is 1. The average molecular weight is 240 g/mol. The highest BCUT2D eigenvalue weighted by molar-refractivity contribution is 5.76. The van der Waals surface area contributed by atoms with Gasteiger partial charge in [-0.3, -0.25) is 4.79 Å². The van der Waals surface area contributed by atoms with Crippen molar-refractivity contribution in [3.8, 4) is 0 Å². The minimum Gasteiger partial charge on any atom is -0.341 e. The lowest BCUT2D eigenvalue weighted by Gasteiger charge is -2.26. The second kappa shape index (κ2) is 6.39. The van der Waals surface area contributed by atoms with Gasteiger partial charge in [-0.15, -0.1) is 0 Å². The zero-order valence-electron chi connectivity index (χ0n) is 11.8. The molecular formula is C14H28N2O. The first-order chi connectivity index (χ1) is 7.91. The zero-order valence-corrected chi connectivity index (χ0v) is 11.8. The summed E-state index contributed by atoms with van der Waals surface area (Å²) in [5.41, 5.74) is 6.06. The van der Waals surface area contributed by atoms with Crippen LogP contribution < -0.4 is 5.73 Å². The van der Waals surface area contributed by atoms with Crippen LogP contribution in [0, 0.1) is 17.8 Å². The monoisotopic (exact) mass is 240 g/mol. The molecule has 0 aromatic heterocycles. The van der Waals surface area contributed by atoms with Crippen molar-refractivity contribution in [3.05, 3.63) is 0 Å². The van der Waals surface area contributed by atoms with E-state index in [1.807, 2.05) is 4.90 Å². The fraction of sp³-hybridized carbons (Fsp3) is 0.929. The zero-order chi connectivity index (χ0) is 13.0. The van der Waals surface area contributed by atoms with Gasteiger partial charge in [0, 0.05) is 25.6 Å². The summed E-state index contributed by atoms with van der Waals surface area (Å²) in [4.78, 5) is 14.0. The van der Waals surface area contributed by atoms with Gasteiger partial charge in [0.1, 0.15) is 0 Å². The molecule has 1 heterocycles. The van der Waals surface area contributed by atoms with Crippen molar-refractivity contribution in [3.63, 3.8) is 0 Å². The molecule has 100 valence electrons. The first-order valence-corrected chi connectivity index (χ1v) is 6.95. The van der Waals surface area contributed by atoms with Crippen molar-refractivity contribution in [1.29, 1.82) is 0 Å². The third-order valence-electron chi connectivity index (χ3n) is 4.08.